The molecule has 4 heterocycles. The van der Waals surface area contributed by atoms with Gasteiger partial charge in [0.15, 0.2) is 0 Å². The van der Waals surface area contributed by atoms with Crippen LogP contribution in [0.5, 0.6) is 5.75 Å². The molecule has 0 aliphatic carbocycles. The molecule has 2 aromatic heterocycles. The summed E-state index contributed by atoms with van der Waals surface area (Å²) in [6.07, 6.45) is 6.02. The summed E-state index contributed by atoms with van der Waals surface area (Å²) in [6, 6.07) is 12.4. The van der Waals surface area contributed by atoms with Crippen molar-refractivity contribution in [1.82, 2.24) is 4.98 Å². The van der Waals surface area contributed by atoms with Gasteiger partial charge in [0.2, 0.25) is 0 Å². The van der Waals surface area contributed by atoms with E-state index in [0.717, 1.165) is 60.0 Å². The first-order valence-corrected chi connectivity index (χ1v) is 12.7. The molecule has 1 saturated heterocycles. The molecule has 0 atom stereocenters. The molecule has 0 spiro atoms. The Morgan fingerprint density at radius 3 is 2.79 bits per heavy atom. The topological polar surface area (TPSA) is 62.2 Å². The number of methoxy groups -OCH3 is 1. The van der Waals surface area contributed by atoms with Crippen molar-refractivity contribution in [2.75, 3.05) is 26.9 Å². The SMILES string of the molecule is COC1(c2csc(Sc3ccc4c(c3)OCC/C4=N\OCc3ccncc3)c2)CCOCC1. The average Bonchev–Trinajstić information content (AvgIpc) is 3.34. The molecule has 0 unspecified atom stereocenters. The van der Waals surface area contributed by atoms with Gasteiger partial charge in [-0.05, 0) is 52.9 Å². The zero-order valence-corrected chi connectivity index (χ0v) is 20.1. The Morgan fingerprint density at radius 1 is 1.12 bits per heavy atom. The first-order chi connectivity index (χ1) is 16.3. The number of hydrogen-bond donors (Lipinski definition) is 0. The van der Waals surface area contributed by atoms with E-state index in [1.807, 2.05) is 12.1 Å². The van der Waals surface area contributed by atoms with Gasteiger partial charge in [-0.2, -0.15) is 0 Å². The number of fused-ring (bicyclic) bond motifs is 1. The first-order valence-electron chi connectivity index (χ1n) is 11.0. The lowest BCUT2D eigenvalue weighted by molar-refractivity contribution is -0.0946. The van der Waals surface area contributed by atoms with E-state index in [1.165, 1.54) is 9.77 Å². The van der Waals surface area contributed by atoms with Gasteiger partial charge < -0.3 is 19.0 Å². The van der Waals surface area contributed by atoms with E-state index in [9.17, 15) is 0 Å². The van der Waals surface area contributed by atoms with Gasteiger partial charge in [-0.25, -0.2) is 0 Å². The Morgan fingerprint density at radius 2 is 1.97 bits per heavy atom. The second-order valence-corrected chi connectivity index (χ2v) is 10.3. The fourth-order valence-electron chi connectivity index (χ4n) is 4.11. The summed E-state index contributed by atoms with van der Waals surface area (Å²) in [5.74, 6) is 0.854. The molecule has 33 heavy (non-hydrogen) atoms. The third-order valence-corrected chi connectivity index (χ3v) is 8.10. The van der Waals surface area contributed by atoms with E-state index in [0.29, 0.717) is 13.2 Å². The molecule has 5 rings (SSSR count). The lowest BCUT2D eigenvalue weighted by Crippen LogP contribution is -2.35. The van der Waals surface area contributed by atoms with Crippen LogP contribution in [-0.2, 0) is 26.5 Å². The third kappa shape index (κ3) is 5.09. The van der Waals surface area contributed by atoms with Crippen LogP contribution in [0.4, 0.5) is 0 Å². The second-order valence-electron chi connectivity index (χ2n) is 7.99. The van der Waals surface area contributed by atoms with Crippen molar-refractivity contribution in [3.8, 4) is 5.75 Å². The minimum Gasteiger partial charge on any atom is -0.492 e. The summed E-state index contributed by atoms with van der Waals surface area (Å²) in [6.45, 7) is 2.50. The molecule has 172 valence electrons. The molecule has 8 heteroatoms. The van der Waals surface area contributed by atoms with E-state index < -0.39 is 0 Å². The summed E-state index contributed by atoms with van der Waals surface area (Å²) in [4.78, 5) is 10.8. The maximum Gasteiger partial charge on any atom is 0.142 e. The molecule has 2 aliphatic heterocycles. The summed E-state index contributed by atoms with van der Waals surface area (Å²) in [5.41, 5.74) is 3.97. The highest BCUT2D eigenvalue weighted by Gasteiger charge is 2.35. The van der Waals surface area contributed by atoms with Crippen molar-refractivity contribution in [2.24, 2.45) is 5.16 Å². The summed E-state index contributed by atoms with van der Waals surface area (Å²) >= 11 is 3.50. The molecule has 3 aromatic rings. The molecule has 6 nitrogen and oxygen atoms in total. The fraction of sp³-hybridized carbons (Fsp3) is 0.360. The number of nitrogens with zero attached hydrogens (tertiary/aromatic N) is 2. The predicted molar refractivity (Wildman–Crippen MR) is 129 cm³/mol. The molecule has 0 radical (unpaired) electrons. The van der Waals surface area contributed by atoms with Crippen LogP contribution in [0, 0.1) is 0 Å². The van der Waals surface area contributed by atoms with Crippen molar-refractivity contribution in [3.05, 3.63) is 70.9 Å². The van der Waals surface area contributed by atoms with Crippen LogP contribution >= 0.6 is 23.1 Å². The van der Waals surface area contributed by atoms with Crippen molar-refractivity contribution in [1.29, 1.82) is 0 Å². The van der Waals surface area contributed by atoms with E-state index in [4.69, 9.17) is 19.0 Å². The van der Waals surface area contributed by atoms with Gasteiger partial charge in [-0.15, -0.1) is 11.3 Å². The van der Waals surface area contributed by atoms with Gasteiger partial charge in [-0.3, -0.25) is 4.98 Å². The van der Waals surface area contributed by atoms with Crippen LogP contribution < -0.4 is 4.74 Å². The normalized spacial score (nSPS) is 18.5. The highest BCUT2D eigenvalue weighted by molar-refractivity contribution is 8.01. The van der Waals surface area contributed by atoms with Gasteiger partial charge in [-0.1, -0.05) is 16.9 Å². The van der Waals surface area contributed by atoms with E-state index in [-0.39, 0.29) is 5.60 Å². The number of thiophene rings is 1. The third-order valence-electron chi connectivity index (χ3n) is 6.03. The summed E-state index contributed by atoms with van der Waals surface area (Å²) < 4.78 is 18.7. The predicted octanol–water partition coefficient (Wildman–Crippen LogP) is 5.65. The summed E-state index contributed by atoms with van der Waals surface area (Å²) in [5, 5.41) is 6.61. The molecule has 1 fully saturated rings. The van der Waals surface area contributed by atoms with Crippen molar-refractivity contribution < 1.29 is 19.0 Å². The van der Waals surface area contributed by atoms with Gasteiger partial charge in [0.1, 0.15) is 12.4 Å². The Labute approximate surface area is 201 Å². The molecular weight excluding hydrogens is 456 g/mol. The fourth-order valence-corrected chi connectivity index (χ4v) is 6.18. The monoisotopic (exact) mass is 482 g/mol. The van der Waals surface area contributed by atoms with E-state index in [1.54, 1.807) is 42.6 Å². The highest BCUT2D eigenvalue weighted by Crippen LogP contribution is 2.42. The number of hydrogen-bond acceptors (Lipinski definition) is 8. The molecule has 0 amide bonds. The Balaban J connectivity index is 1.28. The molecule has 0 N–H and O–H groups in total. The largest absolute Gasteiger partial charge is 0.492 e. The minimum absolute atomic E-state index is 0.228. The van der Waals surface area contributed by atoms with Crippen LogP contribution in [-0.4, -0.2) is 37.6 Å². The number of ether oxygens (including phenoxy) is 3. The zero-order valence-electron chi connectivity index (χ0n) is 18.5. The Kier molecular flexibility index (Phi) is 6.96. The second kappa shape index (κ2) is 10.3. The van der Waals surface area contributed by atoms with Gasteiger partial charge in [0, 0.05) is 62.4 Å². The molecule has 0 saturated carbocycles. The number of pyridine rings is 1. The smallest absolute Gasteiger partial charge is 0.142 e. The van der Waals surface area contributed by atoms with E-state index >= 15 is 0 Å². The Bertz CT molecular complexity index is 1110. The average molecular weight is 483 g/mol. The molecule has 0 bridgehead atoms. The number of oxime groups is 1. The standard InChI is InChI=1S/C25H26N2O4S2/c1-28-25(7-12-29-13-8-25)19-14-24(32-17-19)33-20-2-3-21-22(6-11-30-23(21)15-20)27-31-16-18-4-9-26-10-5-18/h2-5,9-10,14-15,17H,6-8,11-13,16H2,1H3/b27-22+. The van der Waals surface area contributed by atoms with Crippen LogP contribution in [0.2, 0.25) is 0 Å². The molecule has 1 aromatic carbocycles. The van der Waals surface area contributed by atoms with Crippen LogP contribution in [0.1, 0.15) is 36.0 Å². The number of rotatable bonds is 7. The highest BCUT2D eigenvalue weighted by atomic mass is 32.2. The Hall–Kier alpha value is -2.39. The molecule has 2 aliphatic rings. The summed E-state index contributed by atoms with van der Waals surface area (Å²) in [7, 11) is 1.80. The number of benzene rings is 1. The maximum atomic E-state index is 5.94. The van der Waals surface area contributed by atoms with Crippen molar-refractivity contribution >= 4 is 28.8 Å². The molecular formula is C25H26N2O4S2. The lowest BCUT2D eigenvalue weighted by atomic mass is 9.88. The zero-order chi connectivity index (χ0) is 22.5. The van der Waals surface area contributed by atoms with E-state index in [2.05, 4.69) is 39.8 Å². The maximum absolute atomic E-state index is 5.94. The van der Waals surface area contributed by atoms with Gasteiger partial charge in [0.05, 0.1) is 22.1 Å². The van der Waals surface area contributed by atoms with Crippen molar-refractivity contribution in [3.63, 3.8) is 0 Å². The lowest BCUT2D eigenvalue weighted by Gasteiger charge is -2.35. The van der Waals surface area contributed by atoms with Crippen LogP contribution in [0.3, 0.4) is 0 Å². The van der Waals surface area contributed by atoms with Gasteiger partial charge >= 0.3 is 0 Å². The minimum atomic E-state index is -0.228. The van der Waals surface area contributed by atoms with Gasteiger partial charge in [0.25, 0.3) is 0 Å². The van der Waals surface area contributed by atoms with Crippen LogP contribution in [0.15, 0.2) is 68.4 Å². The first kappa shape index (κ1) is 22.4. The van der Waals surface area contributed by atoms with Crippen molar-refractivity contribution in [2.45, 2.75) is 40.6 Å². The van der Waals surface area contributed by atoms with Crippen LogP contribution in [0.25, 0.3) is 0 Å². The number of aromatic nitrogens is 1. The quantitative estimate of drug-likeness (QED) is 0.406.